The first-order chi connectivity index (χ1) is 66.2. The largest absolute Gasteiger partial charge is 0.493 e. The average molecular weight is 1700 g/mol. The Morgan fingerprint density at radius 1 is 0.358 bits per heavy atom. The van der Waals surface area contributed by atoms with E-state index in [1.165, 1.54) is 14.2 Å². The number of esters is 4. The molecule has 4 saturated heterocycles. The lowest BCUT2D eigenvalue weighted by molar-refractivity contribution is -0.161. The van der Waals surface area contributed by atoms with E-state index in [4.69, 9.17) is 113 Å². The smallest absolute Gasteiger partial charge is 0.323 e. The Bertz CT molecular complexity index is 4910. The van der Waals surface area contributed by atoms with Crippen LogP contribution in [0.2, 0.25) is 0 Å². The summed E-state index contributed by atoms with van der Waals surface area (Å²) in [5.74, 6) is -9.55. The number of nitrogens with two attached hydrogens (primary N) is 4. The Hall–Kier alpha value is -7.16. The third kappa shape index (κ3) is 23.8. The van der Waals surface area contributed by atoms with Gasteiger partial charge in [-0.2, -0.15) is 0 Å². The second-order valence-corrected chi connectivity index (χ2v) is 34.9. The van der Waals surface area contributed by atoms with Crippen LogP contribution in [0.5, 0.6) is 46.0 Å². The van der Waals surface area contributed by atoms with Crippen LogP contribution >= 0.6 is 0 Å². The summed E-state index contributed by atoms with van der Waals surface area (Å²) in [6, 6.07) is 10.5. The number of carbonyl (C=O) groups excluding carboxylic acids is 4. The molecule has 672 valence electrons. The Morgan fingerprint density at radius 2 is 0.575 bits per heavy atom. The summed E-state index contributed by atoms with van der Waals surface area (Å²) in [6.07, 6.45) is -5.89. The lowest BCUT2D eigenvalue weighted by atomic mass is 9.79. The fourth-order valence-corrected chi connectivity index (χ4v) is 17.9. The van der Waals surface area contributed by atoms with Crippen molar-refractivity contribution in [2.45, 2.75) is 260 Å². The number of methoxy groups -OCH3 is 8. The molecule has 8 heterocycles. The van der Waals surface area contributed by atoms with Crippen molar-refractivity contribution in [2.75, 3.05) is 109 Å². The van der Waals surface area contributed by atoms with Crippen molar-refractivity contribution in [1.82, 2.24) is 19.6 Å². The van der Waals surface area contributed by atoms with Gasteiger partial charge in [-0.3, -0.25) is 38.8 Å². The van der Waals surface area contributed by atoms with Crippen LogP contribution < -0.4 is 60.8 Å². The summed E-state index contributed by atoms with van der Waals surface area (Å²) in [5.41, 5.74) is 31.9. The van der Waals surface area contributed by atoms with Crippen LogP contribution in [0.1, 0.15) is 263 Å². The van der Waals surface area contributed by atoms with E-state index >= 15 is 0 Å². The van der Waals surface area contributed by atoms with Crippen molar-refractivity contribution in [1.29, 1.82) is 0 Å². The van der Waals surface area contributed by atoms with Gasteiger partial charge in [0.2, 0.25) is 0 Å². The Balaban J connectivity index is 0.000000214. The van der Waals surface area contributed by atoms with Crippen LogP contribution in [0.3, 0.4) is 0 Å². The minimum Gasteiger partial charge on any atom is -0.493 e. The van der Waals surface area contributed by atoms with Crippen molar-refractivity contribution in [3.8, 4) is 46.0 Å². The summed E-state index contributed by atoms with van der Waals surface area (Å²) in [6.45, 7) is 17.1. The third-order valence-electron chi connectivity index (χ3n) is 24.7. The van der Waals surface area contributed by atoms with E-state index in [2.05, 4.69) is 28.5 Å². The molecule has 0 bridgehead atoms. The lowest BCUT2D eigenvalue weighted by Crippen LogP contribution is -2.51. The maximum atomic E-state index is 12.9. The minimum atomic E-state index is -2.93. The molecule has 0 amide bonds. The summed E-state index contributed by atoms with van der Waals surface area (Å²) in [7, 11) is 3.92. The molecule has 3 unspecified atom stereocenters. The zero-order valence-corrected chi connectivity index (χ0v) is 73.9. The summed E-state index contributed by atoms with van der Waals surface area (Å²) in [5, 5.41) is 0. The highest BCUT2D eigenvalue weighted by molar-refractivity contribution is 5.77. The van der Waals surface area contributed by atoms with Crippen LogP contribution in [0.25, 0.3) is 0 Å². The van der Waals surface area contributed by atoms with Gasteiger partial charge in [0.15, 0.2) is 46.0 Å². The number of piperidine rings is 4. The number of rotatable bonds is 28. The maximum Gasteiger partial charge on any atom is 0.323 e. The monoisotopic (exact) mass is 1700 g/mol. The zero-order valence-electron chi connectivity index (χ0n) is 97.9. The summed E-state index contributed by atoms with van der Waals surface area (Å²) < 4.78 is 261. The van der Waals surface area contributed by atoms with Gasteiger partial charge in [0, 0.05) is 151 Å². The highest BCUT2D eigenvalue weighted by atomic mass is 16.6. The molecule has 19 atom stereocenters. The number of nitrogens with zero attached hydrogens (tertiary/aromatic N) is 4. The molecule has 0 radical (unpaired) electrons. The molecule has 0 spiro atoms. The van der Waals surface area contributed by atoms with E-state index in [1.807, 2.05) is 49.1 Å². The number of carbonyl (C=O) groups is 4. The highest BCUT2D eigenvalue weighted by Gasteiger charge is 2.47. The SMILES string of the molecule is [2H]C([2H])([2H])C([2H])(C)C([2H])([2H])[C@H]1CN2CCc3cc(OC)c(OC)cc3[C@@H]2C[C@H]1OC(=O)[C@@H](N)C(C)C.[2H]C([2H])([2H])C([2H])(C)C([2H])([2H])[C@H]1CN2CCc3cc(OC)c(OC)cc3[C@@H]2C[C@H]1OC(=O)[C@@H](N)C(C)C.[2H]C([2H])([2H])Oc1cc2c(cc1OC)[C@@H]1C[C@@H](OC(=O)[C@@H](N)C(C)C)[C@@H](C([2H])([2H])C([2H])(C)C([2H])([2H])[2H])CN1CC2.[2H]C([2H])([2H])Oc1cc2c(cc1OC)[C@@H]1C[C@@H](OC(=O)[C@@H](N)C(C)C)[C@@H](CC(C)C)CN1CC2. The maximum absolute atomic E-state index is 12.9. The lowest BCUT2D eigenvalue weighted by Gasteiger charge is -2.47. The van der Waals surface area contributed by atoms with Crippen molar-refractivity contribution in [2.24, 2.45) is 93.9 Å². The van der Waals surface area contributed by atoms with E-state index in [9.17, 15) is 19.2 Å². The molecule has 4 fully saturated rings. The first-order valence-corrected chi connectivity index (χ1v) is 42.3. The van der Waals surface area contributed by atoms with Crippen LogP contribution in [0.15, 0.2) is 48.5 Å². The van der Waals surface area contributed by atoms with E-state index in [0.29, 0.717) is 80.0 Å². The van der Waals surface area contributed by atoms with Gasteiger partial charge in [-0.25, -0.2) is 0 Å². The van der Waals surface area contributed by atoms with Gasteiger partial charge in [0.25, 0.3) is 0 Å². The first-order valence-electron chi connectivity index (χ1n) is 54.3. The van der Waals surface area contributed by atoms with Gasteiger partial charge in [0.1, 0.15) is 48.6 Å². The van der Waals surface area contributed by atoms with E-state index in [-0.39, 0.29) is 122 Å². The molecular formula is C96H152N8O16. The molecule has 12 rings (SSSR count). The van der Waals surface area contributed by atoms with Gasteiger partial charge in [-0.1, -0.05) is 111 Å². The van der Waals surface area contributed by atoms with Crippen LogP contribution in [0, 0.1) is 70.9 Å². The third-order valence-corrected chi connectivity index (χ3v) is 24.7. The second kappa shape index (κ2) is 43.9. The molecule has 0 aromatic heterocycles. The molecular weight excluding hydrogens is 1520 g/mol. The molecule has 24 heteroatoms. The molecule has 0 aliphatic carbocycles. The number of ether oxygens (including phenoxy) is 12. The Kier molecular flexibility index (Phi) is 24.6. The van der Waals surface area contributed by atoms with Crippen LogP contribution in [-0.2, 0) is 63.8 Å². The van der Waals surface area contributed by atoms with Crippen molar-refractivity contribution >= 4 is 23.9 Å². The minimum absolute atomic E-state index is 0.0115. The molecule has 4 aromatic rings. The van der Waals surface area contributed by atoms with Gasteiger partial charge < -0.3 is 79.8 Å². The summed E-state index contributed by atoms with van der Waals surface area (Å²) >= 11 is 0. The Morgan fingerprint density at radius 3 is 0.783 bits per heavy atom. The predicted molar refractivity (Wildman–Crippen MR) is 471 cm³/mol. The molecule has 8 N–H and O–H groups in total. The first kappa shape index (κ1) is 67.3. The predicted octanol–water partition coefficient (Wildman–Crippen LogP) is 14.3. The van der Waals surface area contributed by atoms with Gasteiger partial charge in [-0.15, -0.1) is 0 Å². The fraction of sp³-hybridized carbons (Fsp3) is 0.708. The molecule has 8 aliphatic rings. The summed E-state index contributed by atoms with van der Waals surface area (Å²) in [4.78, 5) is 60.0. The van der Waals surface area contributed by atoms with Crippen molar-refractivity contribution in [3.05, 3.63) is 93.0 Å². The molecule has 0 saturated carbocycles. The fourth-order valence-electron chi connectivity index (χ4n) is 17.9. The standard InChI is InChI=1S/4C24H38N2O4/c4*1-14(2)9-17-13-26-8-7-16-10-21(28-5)22(29-6)11-18(16)19(26)12-20(17)30-24(27)23(25)15(3)4/h4*10-11,14-15,17,19-20,23H,7-9,12-13,25H2,1-6H3/t4*17-,19-,20+,23-/m0000/s1/i1D3,5D3,9D2,14D;2*1D3,9D2,14D;5D3/t3*14?,17-,19-,20+,23-;m. The van der Waals surface area contributed by atoms with Crippen LogP contribution in [-0.4, -0.2) is 201 Å². The second-order valence-electron chi connectivity index (χ2n) is 34.9. The highest BCUT2D eigenvalue weighted by Crippen LogP contribution is 2.50. The Labute approximate surface area is 752 Å². The molecule has 120 heavy (non-hydrogen) atoms. The van der Waals surface area contributed by atoms with Crippen molar-refractivity contribution < 1.29 is 109 Å². The van der Waals surface area contributed by atoms with Crippen molar-refractivity contribution in [3.63, 3.8) is 0 Å². The van der Waals surface area contributed by atoms with Gasteiger partial charge in [0.05, 0.1) is 65.0 Å². The number of fused-ring (bicyclic) bond motifs is 12. The van der Waals surface area contributed by atoms with Gasteiger partial charge in [-0.05, 0) is 192 Å². The molecule has 4 aromatic carbocycles. The number of benzene rings is 4. The van der Waals surface area contributed by atoms with E-state index in [0.717, 1.165) is 91.2 Å². The quantitative estimate of drug-likeness (QED) is 0.0303. The van der Waals surface area contributed by atoms with E-state index in [1.54, 1.807) is 88.2 Å². The average Bonchev–Trinajstić information content (AvgIpc) is 0.732. The zero-order chi connectivity index (χ0) is 109. The number of hydrogen-bond donors (Lipinski definition) is 4. The number of hydrogen-bond acceptors (Lipinski definition) is 24. The van der Waals surface area contributed by atoms with Crippen LogP contribution in [0.4, 0.5) is 0 Å². The normalized spacial score (nSPS) is 30.2. The molecule has 8 aliphatic heterocycles. The van der Waals surface area contributed by atoms with Gasteiger partial charge >= 0.3 is 23.9 Å². The topological polar surface area (TPSA) is 296 Å². The van der Waals surface area contributed by atoms with E-state index < -0.39 is 150 Å². The molecule has 24 nitrogen and oxygen atoms in total.